The highest BCUT2D eigenvalue weighted by Gasteiger charge is 2.18. The number of aliphatic carboxylic acids is 2. The third kappa shape index (κ3) is 3.54. The van der Waals surface area contributed by atoms with Crippen LogP contribution in [0.25, 0.3) is 0 Å². The summed E-state index contributed by atoms with van der Waals surface area (Å²) in [6.45, 7) is 0. The second-order valence-electron chi connectivity index (χ2n) is 2.07. The van der Waals surface area contributed by atoms with Gasteiger partial charge in [-0.3, -0.25) is 0 Å². The van der Waals surface area contributed by atoms with Crippen LogP contribution in [0.2, 0.25) is 0 Å². The minimum Gasteiger partial charge on any atom is -0.550 e. The number of aliphatic hydroxyl groups is 1. The molecule has 0 aliphatic carbocycles. The van der Waals surface area contributed by atoms with E-state index >= 15 is 0 Å². The van der Waals surface area contributed by atoms with E-state index in [-0.39, 0.29) is 0 Å². The Labute approximate surface area is 62.2 Å². The molecule has 2 atom stereocenters. The maximum atomic E-state index is 9.98. The van der Waals surface area contributed by atoms with Crippen LogP contribution in [0.15, 0.2) is 0 Å². The molecule has 0 aliphatic rings. The van der Waals surface area contributed by atoms with Crippen molar-refractivity contribution in [1.82, 2.24) is 0 Å². The van der Waals surface area contributed by atoms with Gasteiger partial charge in [-0.1, -0.05) is 0 Å². The molecule has 0 fully saturated rings. The van der Waals surface area contributed by atoms with Crippen molar-refractivity contribution in [2.75, 3.05) is 0 Å². The fraction of sp³-hybridized carbons (Fsp3) is 0.600. The number of carboxylic acids is 2. The average molecular weight is 162 g/mol. The summed E-state index contributed by atoms with van der Waals surface area (Å²) in [5.74, 6) is -3.11. The highest BCUT2D eigenvalue weighted by Crippen LogP contribution is 1.92. The van der Waals surface area contributed by atoms with Crippen molar-refractivity contribution in [3.8, 4) is 0 Å². The van der Waals surface area contributed by atoms with Crippen LogP contribution < -0.4 is 15.9 Å². The summed E-state index contributed by atoms with van der Waals surface area (Å²) in [7, 11) is 0. The van der Waals surface area contributed by atoms with Crippen LogP contribution in [0.1, 0.15) is 6.42 Å². The molecular weight excluding hydrogens is 154 g/mol. The van der Waals surface area contributed by atoms with E-state index in [1.807, 2.05) is 0 Å². The SMILES string of the molecule is [NH3+][C@H](C(=O)[O-])[C@H](O)CC(=O)[O-]. The quantitative estimate of drug-likeness (QED) is 0.427. The minimum absolute atomic E-state index is 0.748. The molecule has 0 rings (SSSR count). The molecule has 11 heavy (non-hydrogen) atoms. The largest absolute Gasteiger partial charge is 0.550 e. The lowest BCUT2D eigenvalue weighted by Crippen LogP contribution is -2.73. The molecule has 0 aliphatic heterocycles. The first kappa shape index (κ1) is 9.86. The van der Waals surface area contributed by atoms with Gasteiger partial charge in [-0.25, -0.2) is 0 Å². The van der Waals surface area contributed by atoms with Crippen molar-refractivity contribution >= 4 is 11.9 Å². The molecule has 6 nitrogen and oxygen atoms in total. The second-order valence-corrected chi connectivity index (χ2v) is 2.07. The molecule has 0 bridgehead atoms. The van der Waals surface area contributed by atoms with Gasteiger partial charge in [0.2, 0.25) is 0 Å². The predicted molar refractivity (Wildman–Crippen MR) is 27.3 cm³/mol. The summed E-state index contributed by atoms with van der Waals surface area (Å²) in [5.41, 5.74) is 2.99. The molecule has 0 heterocycles. The second kappa shape index (κ2) is 3.89. The zero-order valence-electron chi connectivity index (χ0n) is 5.65. The van der Waals surface area contributed by atoms with Gasteiger partial charge in [-0.2, -0.15) is 0 Å². The third-order valence-electron chi connectivity index (χ3n) is 1.14. The fourth-order valence-corrected chi connectivity index (χ4v) is 0.470. The molecule has 4 N–H and O–H groups in total. The molecule has 64 valence electrons. The number of hydrogen-bond acceptors (Lipinski definition) is 5. The van der Waals surface area contributed by atoms with Crippen LogP contribution in [0, 0.1) is 0 Å². The Kier molecular flexibility index (Phi) is 3.49. The van der Waals surface area contributed by atoms with Gasteiger partial charge in [-0.05, 0) is 0 Å². The van der Waals surface area contributed by atoms with Crippen molar-refractivity contribution in [2.45, 2.75) is 18.6 Å². The molecule has 0 unspecified atom stereocenters. The van der Waals surface area contributed by atoms with Crippen molar-refractivity contribution in [3.05, 3.63) is 0 Å². The first-order valence-electron chi connectivity index (χ1n) is 2.87. The van der Waals surface area contributed by atoms with E-state index in [9.17, 15) is 19.8 Å². The van der Waals surface area contributed by atoms with E-state index in [1.54, 1.807) is 0 Å². The Bertz CT molecular complexity index is 168. The Morgan fingerprint density at radius 3 is 2.18 bits per heavy atom. The molecule has 0 radical (unpaired) electrons. The van der Waals surface area contributed by atoms with E-state index in [0.29, 0.717) is 0 Å². The predicted octanol–water partition coefficient (Wildman–Crippen LogP) is -5.15. The van der Waals surface area contributed by atoms with E-state index in [0.717, 1.165) is 0 Å². The number of aliphatic hydroxyl groups excluding tert-OH is 1. The van der Waals surface area contributed by atoms with Crippen LogP contribution in [0.5, 0.6) is 0 Å². The van der Waals surface area contributed by atoms with Crippen LogP contribution in [0.3, 0.4) is 0 Å². The van der Waals surface area contributed by atoms with Crippen LogP contribution >= 0.6 is 0 Å². The molecule has 6 heteroatoms. The molecule has 0 saturated carbocycles. The highest BCUT2D eigenvalue weighted by atomic mass is 16.4. The number of carbonyl (C=O) groups is 2. The maximum absolute atomic E-state index is 9.98. The van der Waals surface area contributed by atoms with Crippen molar-refractivity contribution in [1.29, 1.82) is 0 Å². The number of hydrogen-bond donors (Lipinski definition) is 2. The van der Waals surface area contributed by atoms with E-state index in [1.165, 1.54) is 0 Å². The van der Waals surface area contributed by atoms with Gasteiger partial charge < -0.3 is 30.6 Å². The van der Waals surface area contributed by atoms with Crippen molar-refractivity contribution < 1.29 is 30.6 Å². The zero-order chi connectivity index (χ0) is 9.02. The summed E-state index contributed by atoms with van der Waals surface area (Å²) in [4.78, 5) is 19.8. The van der Waals surface area contributed by atoms with Gasteiger partial charge in [-0.15, -0.1) is 0 Å². The van der Waals surface area contributed by atoms with Crippen LogP contribution in [-0.2, 0) is 9.59 Å². The molecule has 0 saturated heterocycles. The Morgan fingerprint density at radius 2 is 1.91 bits per heavy atom. The molecular formula is C5H8NO5-. The normalized spacial score (nSPS) is 15.5. The van der Waals surface area contributed by atoms with Gasteiger partial charge in [0.25, 0.3) is 0 Å². The molecule has 0 aromatic carbocycles. The van der Waals surface area contributed by atoms with E-state index < -0.39 is 30.5 Å². The monoisotopic (exact) mass is 162 g/mol. The smallest absolute Gasteiger partial charge is 0.151 e. The zero-order valence-corrected chi connectivity index (χ0v) is 5.65. The van der Waals surface area contributed by atoms with Gasteiger partial charge in [0.1, 0.15) is 12.1 Å². The summed E-state index contributed by atoms with van der Waals surface area (Å²) < 4.78 is 0. The number of quaternary nitrogens is 1. The summed E-state index contributed by atoms with van der Waals surface area (Å²) in [5, 5.41) is 28.6. The van der Waals surface area contributed by atoms with Gasteiger partial charge in [0.05, 0.1) is 0 Å². The number of rotatable bonds is 4. The summed E-state index contributed by atoms with van der Waals surface area (Å²) in [6.07, 6.45) is -2.30. The lowest BCUT2D eigenvalue weighted by atomic mass is 10.1. The average Bonchev–Trinajstić information content (AvgIpc) is 1.84. The first-order chi connectivity index (χ1) is 4.95. The fourth-order valence-electron chi connectivity index (χ4n) is 0.470. The highest BCUT2D eigenvalue weighted by molar-refractivity contribution is 5.72. The lowest BCUT2D eigenvalue weighted by Gasteiger charge is -2.16. The Morgan fingerprint density at radius 1 is 1.45 bits per heavy atom. The maximum Gasteiger partial charge on any atom is 0.151 e. The molecule has 0 spiro atoms. The van der Waals surface area contributed by atoms with E-state index in [2.05, 4.69) is 5.73 Å². The topological polar surface area (TPSA) is 128 Å². The van der Waals surface area contributed by atoms with Gasteiger partial charge in [0, 0.05) is 12.4 Å². The number of carboxylic acid groups (broad SMARTS) is 2. The summed E-state index contributed by atoms with van der Waals surface area (Å²) >= 11 is 0. The molecule has 0 aromatic heterocycles. The number of carbonyl (C=O) groups excluding carboxylic acids is 2. The van der Waals surface area contributed by atoms with Crippen LogP contribution in [-0.4, -0.2) is 29.2 Å². The summed E-state index contributed by atoms with van der Waals surface area (Å²) in [6, 6.07) is -1.44. The third-order valence-corrected chi connectivity index (χ3v) is 1.14. The van der Waals surface area contributed by atoms with Gasteiger partial charge in [0.15, 0.2) is 6.04 Å². The van der Waals surface area contributed by atoms with E-state index in [4.69, 9.17) is 5.11 Å². The molecule has 0 aromatic rings. The van der Waals surface area contributed by atoms with Gasteiger partial charge >= 0.3 is 0 Å². The Hall–Kier alpha value is -1.14. The Balaban J connectivity index is 3.92. The standard InChI is InChI=1S/C5H9NO5/c6-4(5(10)11)2(7)1-3(8)9/h2,4,7H,1,6H2,(H,8,9)(H,10,11)/p-1/t2-,4+/m1/s1. The minimum atomic E-state index is -1.58. The van der Waals surface area contributed by atoms with Crippen molar-refractivity contribution in [2.24, 2.45) is 0 Å². The first-order valence-corrected chi connectivity index (χ1v) is 2.87. The van der Waals surface area contributed by atoms with Crippen LogP contribution in [0.4, 0.5) is 0 Å². The molecule has 0 amide bonds. The lowest BCUT2D eigenvalue weighted by molar-refractivity contribution is -0.452. The van der Waals surface area contributed by atoms with Crippen molar-refractivity contribution in [3.63, 3.8) is 0 Å².